The number of carbonyl (C=O) groups excluding carboxylic acids is 1. The highest BCUT2D eigenvalue weighted by Gasteiger charge is 2.02. The van der Waals surface area contributed by atoms with Crippen LogP contribution in [0.3, 0.4) is 0 Å². The molecule has 0 fully saturated rings. The van der Waals surface area contributed by atoms with Gasteiger partial charge in [-0.2, -0.15) is 5.26 Å². The van der Waals surface area contributed by atoms with E-state index in [-0.39, 0.29) is 0 Å². The number of ether oxygens (including phenoxy) is 1. The molecule has 0 unspecified atom stereocenters. The number of nitrogens with one attached hydrogen (secondary N) is 2. The summed E-state index contributed by atoms with van der Waals surface area (Å²) in [6.07, 6.45) is 1.02. The fourth-order valence-corrected chi connectivity index (χ4v) is 1.60. The minimum absolute atomic E-state index is 0.317. The summed E-state index contributed by atoms with van der Waals surface area (Å²) in [5.74, 6) is 0.633. The smallest absolute Gasteiger partial charge is 0.411 e. The third kappa shape index (κ3) is 4.21. The van der Waals surface area contributed by atoms with Crippen LogP contribution in [0.5, 0.6) is 0 Å². The number of rotatable bonds is 4. The lowest BCUT2D eigenvalue weighted by molar-refractivity contribution is 0.168. The molecule has 2 N–H and O–H groups in total. The van der Waals surface area contributed by atoms with E-state index in [1.165, 1.54) is 6.20 Å². The first-order valence-electron chi connectivity index (χ1n) is 6.38. The number of hydrogen-bond acceptors (Lipinski definition) is 5. The standard InChI is InChI=1S/C15H14N4O2/c1-2-21-15(20)19-13-7-8-14(17-10-13)18-12-5-3-11(9-16)4-6-12/h3-8,10H,2H2,1H3,(H,17,18)(H,19,20). The first kappa shape index (κ1) is 14.3. The summed E-state index contributed by atoms with van der Waals surface area (Å²) in [6.45, 7) is 2.06. The van der Waals surface area contributed by atoms with Gasteiger partial charge < -0.3 is 10.1 Å². The lowest BCUT2D eigenvalue weighted by Gasteiger charge is -2.07. The molecule has 2 rings (SSSR count). The highest BCUT2D eigenvalue weighted by atomic mass is 16.5. The molecule has 0 radical (unpaired) electrons. The van der Waals surface area contributed by atoms with Crippen molar-refractivity contribution in [3.8, 4) is 6.07 Å². The van der Waals surface area contributed by atoms with E-state index < -0.39 is 6.09 Å². The number of amides is 1. The summed E-state index contributed by atoms with van der Waals surface area (Å²) in [6, 6.07) is 12.5. The van der Waals surface area contributed by atoms with Crippen LogP contribution in [0.2, 0.25) is 0 Å². The molecule has 2 aromatic rings. The summed E-state index contributed by atoms with van der Waals surface area (Å²) >= 11 is 0. The molecule has 0 saturated carbocycles. The fraction of sp³-hybridized carbons (Fsp3) is 0.133. The number of hydrogen-bond donors (Lipinski definition) is 2. The van der Waals surface area contributed by atoms with Crippen LogP contribution in [-0.4, -0.2) is 17.7 Å². The summed E-state index contributed by atoms with van der Waals surface area (Å²) in [5.41, 5.74) is 1.98. The number of anilines is 3. The molecule has 0 saturated heterocycles. The van der Waals surface area contributed by atoms with Gasteiger partial charge in [0.25, 0.3) is 0 Å². The second-order valence-corrected chi connectivity index (χ2v) is 4.09. The predicted molar refractivity (Wildman–Crippen MR) is 79.3 cm³/mol. The van der Waals surface area contributed by atoms with Crippen LogP contribution >= 0.6 is 0 Å². The van der Waals surface area contributed by atoms with Crippen LogP contribution < -0.4 is 10.6 Å². The molecule has 0 aliphatic carbocycles. The van der Waals surface area contributed by atoms with E-state index in [1.54, 1.807) is 43.3 Å². The van der Waals surface area contributed by atoms with E-state index in [9.17, 15) is 4.79 Å². The van der Waals surface area contributed by atoms with Crippen molar-refractivity contribution in [3.63, 3.8) is 0 Å². The van der Waals surface area contributed by atoms with Crippen molar-refractivity contribution in [2.24, 2.45) is 0 Å². The van der Waals surface area contributed by atoms with Gasteiger partial charge in [0.15, 0.2) is 0 Å². The largest absolute Gasteiger partial charge is 0.450 e. The molecule has 0 aliphatic rings. The van der Waals surface area contributed by atoms with E-state index in [0.717, 1.165) is 5.69 Å². The van der Waals surface area contributed by atoms with E-state index in [2.05, 4.69) is 21.7 Å². The zero-order valence-electron chi connectivity index (χ0n) is 11.5. The lowest BCUT2D eigenvalue weighted by Crippen LogP contribution is -2.13. The Kier molecular flexibility index (Phi) is 4.72. The van der Waals surface area contributed by atoms with Gasteiger partial charge in [-0.3, -0.25) is 5.32 Å². The normalized spacial score (nSPS) is 9.52. The molecule has 1 aromatic heterocycles. The van der Waals surface area contributed by atoms with Gasteiger partial charge in [-0.05, 0) is 43.3 Å². The molecule has 6 heteroatoms. The van der Waals surface area contributed by atoms with E-state index in [1.807, 2.05) is 0 Å². The summed E-state index contributed by atoms with van der Waals surface area (Å²) in [4.78, 5) is 15.4. The Morgan fingerprint density at radius 2 is 1.95 bits per heavy atom. The third-order valence-electron chi connectivity index (χ3n) is 2.57. The third-order valence-corrected chi connectivity index (χ3v) is 2.57. The Bertz CT molecular complexity index is 645. The number of benzene rings is 1. The van der Waals surface area contributed by atoms with Crippen LogP contribution in [0.25, 0.3) is 0 Å². The number of nitriles is 1. The van der Waals surface area contributed by atoms with Gasteiger partial charge in [0.2, 0.25) is 0 Å². The predicted octanol–water partition coefficient (Wildman–Crippen LogP) is 3.27. The van der Waals surface area contributed by atoms with Gasteiger partial charge in [0.05, 0.1) is 30.1 Å². The van der Waals surface area contributed by atoms with Gasteiger partial charge in [-0.1, -0.05) is 0 Å². The van der Waals surface area contributed by atoms with Crippen molar-refractivity contribution in [2.75, 3.05) is 17.2 Å². The lowest BCUT2D eigenvalue weighted by atomic mass is 10.2. The quantitative estimate of drug-likeness (QED) is 0.898. The van der Waals surface area contributed by atoms with Crippen molar-refractivity contribution in [3.05, 3.63) is 48.2 Å². The Labute approximate surface area is 122 Å². The van der Waals surface area contributed by atoms with Crippen molar-refractivity contribution in [2.45, 2.75) is 6.92 Å². The van der Waals surface area contributed by atoms with Gasteiger partial charge in [-0.15, -0.1) is 0 Å². The topological polar surface area (TPSA) is 87.0 Å². The fourth-order valence-electron chi connectivity index (χ4n) is 1.60. The SMILES string of the molecule is CCOC(=O)Nc1ccc(Nc2ccc(C#N)cc2)nc1. The van der Waals surface area contributed by atoms with Crippen LogP contribution in [0.4, 0.5) is 22.0 Å². The molecule has 0 atom stereocenters. The van der Waals surface area contributed by atoms with E-state index >= 15 is 0 Å². The van der Waals surface area contributed by atoms with Crippen LogP contribution in [0, 0.1) is 11.3 Å². The first-order valence-corrected chi connectivity index (χ1v) is 6.38. The maximum atomic E-state index is 11.2. The molecule has 106 valence electrons. The van der Waals surface area contributed by atoms with Crippen LogP contribution in [-0.2, 0) is 4.74 Å². The monoisotopic (exact) mass is 282 g/mol. The van der Waals surface area contributed by atoms with E-state index in [4.69, 9.17) is 10.00 Å². The molecular weight excluding hydrogens is 268 g/mol. The Morgan fingerprint density at radius 1 is 1.24 bits per heavy atom. The van der Waals surface area contributed by atoms with Crippen LogP contribution in [0.1, 0.15) is 12.5 Å². The molecular formula is C15H14N4O2. The number of aromatic nitrogens is 1. The Balaban J connectivity index is 1.98. The van der Waals surface area contributed by atoms with Gasteiger partial charge in [-0.25, -0.2) is 9.78 Å². The van der Waals surface area contributed by atoms with Crippen molar-refractivity contribution in [1.82, 2.24) is 4.98 Å². The second kappa shape index (κ2) is 6.91. The average molecular weight is 282 g/mol. The highest BCUT2D eigenvalue weighted by molar-refractivity contribution is 5.84. The molecule has 0 bridgehead atoms. The maximum absolute atomic E-state index is 11.2. The zero-order chi connectivity index (χ0) is 15.1. The van der Waals surface area contributed by atoms with Crippen molar-refractivity contribution in [1.29, 1.82) is 5.26 Å². The number of nitrogens with zero attached hydrogens (tertiary/aromatic N) is 2. The summed E-state index contributed by atoms with van der Waals surface area (Å²) in [7, 11) is 0. The molecule has 1 aromatic carbocycles. The Hall–Kier alpha value is -3.07. The minimum Gasteiger partial charge on any atom is -0.450 e. The summed E-state index contributed by atoms with van der Waals surface area (Å²) < 4.78 is 4.77. The van der Waals surface area contributed by atoms with Gasteiger partial charge in [0, 0.05) is 5.69 Å². The summed E-state index contributed by atoms with van der Waals surface area (Å²) in [5, 5.41) is 14.4. The van der Waals surface area contributed by atoms with E-state index in [0.29, 0.717) is 23.7 Å². The molecule has 0 aliphatic heterocycles. The number of carbonyl (C=O) groups is 1. The molecule has 1 amide bonds. The minimum atomic E-state index is -0.507. The average Bonchev–Trinajstić information content (AvgIpc) is 2.50. The maximum Gasteiger partial charge on any atom is 0.411 e. The number of pyridine rings is 1. The first-order chi connectivity index (χ1) is 10.2. The van der Waals surface area contributed by atoms with Gasteiger partial charge in [0.1, 0.15) is 5.82 Å². The van der Waals surface area contributed by atoms with Crippen molar-refractivity contribution >= 4 is 23.3 Å². The molecule has 21 heavy (non-hydrogen) atoms. The molecule has 1 heterocycles. The Morgan fingerprint density at radius 3 is 2.52 bits per heavy atom. The zero-order valence-corrected chi connectivity index (χ0v) is 11.5. The van der Waals surface area contributed by atoms with Crippen molar-refractivity contribution < 1.29 is 9.53 Å². The highest BCUT2D eigenvalue weighted by Crippen LogP contribution is 2.16. The van der Waals surface area contributed by atoms with Gasteiger partial charge >= 0.3 is 6.09 Å². The second-order valence-electron chi connectivity index (χ2n) is 4.09. The molecule has 0 spiro atoms. The molecule has 6 nitrogen and oxygen atoms in total. The van der Waals surface area contributed by atoms with Crippen LogP contribution in [0.15, 0.2) is 42.6 Å².